The maximum atomic E-state index is 12.4. The van der Waals surface area contributed by atoms with Gasteiger partial charge in [0, 0.05) is 12.1 Å². The van der Waals surface area contributed by atoms with Gasteiger partial charge in [0.25, 0.3) is 11.8 Å². The Morgan fingerprint density at radius 3 is 2.48 bits per heavy atom. The normalized spacial score (nSPS) is 21.9. The standard InChI is InChI=1S/C16H22N2O3/c1-11-6-5-7-12(2)18(11)15(19)10-21-14-9-4-3-8-13(14)16(17)20/h3-4,8-9,11-12H,5-7,10H2,1-2H3,(H2,17,20). The first-order valence-electron chi connectivity index (χ1n) is 7.33. The van der Waals surface area contributed by atoms with Crippen LogP contribution >= 0.6 is 0 Å². The maximum absolute atomic E-state index is 12.4. The molecule has 5 nitrogen and oxygen atoms in total. The number of ether oxygens (including phenoxy) is 1. The van der Waals surface area contributed by atoms with Crippen molar-refractivity contribution in [3.05, 3.63) is 29.8 Å². The number of carbonyl (C=O) groups excluding carboxylic acids is 2. The van der Waals surface area contributed by atoms with Gasteiger partial charge in [0.2, 0.25) is 0 Å². The van der Waals surface area contributed by atoms with E-state index in [1.54, 1.807) is 24.3 Å². The molecule has 1 aromatic carbocycles. The molecular formula is C16H22N2O3. The molecule has 2 unspecified atom stereocenters. The molecule has 21 heavy (non-hydrogen) atoms. The number of nitrogens with two attached hydrogens (primary N) is 1. The Morgan fingerprint density at radius 2 is 1.86 bits per heavy atom. The predicted octanol–water partition coefficient (Wildman–Crippen LogP) is 1.95. The van der Waals surface area contributed by atoms with Gasteiger partial charge < -0.3 is 15.4 Å². The summed E-state index contributed by atoms with van der Waals surface area (Å²) < 4.78 is 5.52. The Labute approximate surface area is 125 Å². The van der Waals surface area contributed by atoms with Crippen molar-refractivity contribution >= 4 is 11.8 Å². The second-order valence-electron chi connectivity index (χ2n) is 5.58. The van der Waals surface area contributed by atoms with Crippen LogP contribution in [-0.4, -0.2) is 35.4 Å². The Kier molecular flexibility index (Phi) is 4.83. The second kappa shape index (κ2) is 6.61. The van der Waals surface area contributed by atoms with Crippen LogP contribution in [0.4, 0.5) is 0 Å². The molecule has 0 aliphatic carbocycles. The van der Waals surface area contributed by atoms with E-state index in [1.807, 2.05) is 4.90 Å². The summed E-state index contributed by atoms with van der Waals surface area (Å²) in [5.41, 5.74) is 5.59. The van der Waals surface area contributed by atoms with Gasteiger partial charge in [-0.15, -0.1) is 0 Å². The Balaban J connectivity index is 2.02. The fraction of sp³-hybridized carbons (Fsp3) is 0.500. The fourth-order valence-electron chi connectivity index (χ4n) is 2.92. The SMILES string of the molecule is CC1CCCC(C)N1C(=O)COc1ccccc1C(N)=O. The van der Waals surface area contributed by atoms with Crippen molar-refractivity contribution in [2.75, 3.05) is 6.61 Å². The molecule has 5 heteroatoms. The summed E-state index contributed by atoms with van der Waals surface area (Å²) >= 11 is 0. The first kappa shape index (κ1) is 15.4. The van der Waals surface area contributed by atoms with Crippen molar-refractivity contribution in [2.24, 2.45) is 5.73 Å². The minimum atomic E-state index is -0.558. The number of primary amides is 1. The van der Waals surface area contributed by atoms with Crippen LogP contribution in [0.15, 0.2) is 24.3 Å². The summed E-state index contributed by atoms with van der Waals surface area (Å²) in [5.74, 6) is -0.248. The van der Waals surface area contributed by atoms with Gasteiger partial charge in [-0.3, -0.25) is 9.59 Å². The third-order valence-corrected chi connectivity index (χ3v) is 3.99. The number of nitrogens with zero attached hydrogens (tertiary/aromatic N) is 1. The molecule has 0 bridgehead atoms. The second-order valence-corrected chi connectivity index (χ2v) is 5.58. The summed E-state index contributed by atoms with van der Waals surface area (Å²) in [7, 11) is 0. The van der Waals surface area contributed by atoms with Gasteiger partial charge in [0.1, 0.15) is 5.75 Å². The van der Waals surface area contributed by atoms with Crippen molar-refractivity contribution < 1.29 is 14.3 Å². The van der Waals surface area contributed by atoms with Crippen molar-refractivity contribution in [3.63, 3.8) is 0 Å². The number of hydrogen-bond acceptors (Lipinski definition) is 3. The van der Waals surface area contributed by atoms with Crippen molar-refractivity contribution in [3.8, 4) is 5.75 Å². The van der Waals surface area contributed by atoms with Crippen molar-refractivity contribution in [1.82, 2.24) is 4.90 Å². The van der Waals surface area contributed by atoms with E-state index in [0.717, 1.165) is 19.3 Å². The molecule has 2 atom stereocenters. The van der Waals surface area contributed by atoms with E-state index in [9.17, 15) is 9.59 Å². The molecule has 2 N–H and O–H groups in total. The highest BCUT2D eigenvalue weighted by atomic mass is 16.5. The minimum Gasteiger partial charge on any atom is -0.483 e. The third-order valence-electron chi connectivity index (χ3n) is 3.99. The molecule has 2 rings (SSSR count). The lowest BCUT2D eigenvalue weighted by molar-refractivity contribution is -0.139. The van der Waals surface area contributed by atoms with Crippen LogP contribution < -0.4 is 10.5 Å². The van der Waals surface area contributed by atoms with E-state index >= 15 is 0 Å². The summed E-state index contributed by atoms with van der Waals surface area (Å²) in [5, 5.41) is 0. The number of amides is 2. The molecule has 1 aliphatic rings. The monoisotopic (exact) mass is 290 g/mol. The molecule has 1 saturated heterocycles. The Hall–Kier alpha value is -2.04. The number of rotatable bonds is 4. The quantitative estimate of drug-likeness (QED) is 0.921. The number of piperidine rings is 1. The number of benzene rings is 1. The van der Waals surface area contributed by atoms with Crippen LogP contribution in [0, 0.1) is 0 Å². The van der Waals surface area contributed by atoms with Crippen LogP contribution in [-0.2, 0) is 4.79 Å². The molecule has 1 aromatic rings. The van der Waals surface area contributed by atoms with E-state index in [0.29, 0.717) is 11.3 Å². The van der Waals surface area contributed by atoms with Gasteiger partial charge in [-0.05, 0) is 45.2 Å². The highest BCUT2D eigenvalue weighted by molar-refractivity contribution is 5.95. The first-order chi connectivity index (χ1) is 10.0. The van der Waals surface area contributed by atoms with Crippen molar-refractivity contribution in [1.29, 1.82) is 0 Å². The van der Waals surface area contributed by atoms with E-state index in [2.05, 4.69) is 13.8 Å². The van der Waals surface area contributed by atoms with Gasteiger partial charge in [-0.25, -0.2) is 0 Å². The van der Waals surface area contributed by atoms with E-state index in [1.165, 1.54) is 0 Å². The molecule has 2 amide bonds. The van der Waals surface area contributed by atoms with Crippen molar-refractivity contribution in [2.45, 2.75) is 45.2 Å². The summed E-state index contributed by atoms with van der Waals surface area (Å²) in [6.45, 7) is 4.05. The summed E-state index contributed by atoms with van der Waals surface area (Å²) in [4.78, 5) is 25.6. The zero-order valence-corrected chi connectivity index (χ0v) is 12.5. The number of likely N-dealkylation sites (tertiary alicyclic amines) is 1. The lowest BCUT2D eigenvalue weighted by atomic mass is 9.97. The molecule has 0 saturated carbocycles. The summed E-state index contributed by atoms with van der Waals surface area (Å²) in [6.07, 6.45) is 3.19. The van der Waals surface area contributed by atoms with Gasteiger partial charge in [-0.2, -0.15) is 0 Å². The van der Waals surface area contributed by atoms with Gasteiger partial charge in [0.05, 0.1) is 5.56 Å². The van der Waals surface area contributed by atoms with E-state index in [-0.39, 0.29) is 24.6 Å². The molecule has 1 fully saturated rings. The van der Waals surface area contributed by atoms with Gasteiger partial charge in [-0.1, -0.05) is 12.1 Å². The lowest BCUT2D eigenvalue weighted by Crippen LogP contribution is -2.49. The number of para-hydroxylation sites is 1. The topological polar surface area (TPSA) is 72.6 Å². The maximum Gasteiger partial charge on any atom is 0.260 e. The molecule has 1 aliphatic heterocycles. The number of carbonyl (C=O) groups is 2. The van der Waals surface area contributed by atoms with Crippen LogP contribution in [0.2, 0.25) is 0 Å². The zero-order valence-electron chi connectivity index (χ0n) is 12.5. The average Bonchev–Trinajstić information content (AvgIpc) is 2.45. The molecule has 0 aromatic heterocycles. The Bertz CT molecular complexity index is 520. The highest BCUT2D eigenvalue weighted by Gasteiger charge is 2.29. The first-order valence-corrected chi connectivity index (χ1v) is 7.33. The third kappa shape index (κ3) is 3.54. The summed E-state index contributed by atoms with van der Waals surface area (Å²) in [6, 6.07) is 7.17. The van der Waals surface area contributed by atoms with Gasteiger partial charge >= 0.3 is 0 Å². The lowest BCUT2D eigenvalue weighted by Gasteiger charge is -2.39. The minimum absolute atomic E-state index is 0.0472. The van der Waals surface area contributed by atoms with Crippen LogP contribution in [0.3, 0.4) is 0 Å². The van der Waals surface area contributed by atoms with E-state index in [4.69, 9.17) is 10.5 Å². The van der Waals surface area contributed by atoms with Crippen LogP contribution in [0.5, 0.6) is 5.75 Å². The van der Waals surface area contributed by atoms with Gasteiger partial charge in [0.15, 0.2) is 6.61 Å². The number of hydrogen-bond donors (Lipinski definition) is 1. The molecule has 1 heterocycles. The molecule has 0 radical (unpaired) electrons. The van der Waals surface area contributed by atoms with E-state index < -0.39 is 5.91 Å². The fourth-order valence-corrected chi connectivity index (χ4v) is 2.92. The van der Waals surface area contributed by atoms with Crippen LogP contribution in [0.25, 0.3) is 0 Å². The molecular weight excluding hydrogens is 268 g/mol. The molecule has 0 spiro atoms. The largest absolute Gasteiger partial charge is 0.483 e. The van der Waals surface area contributed by atoms with Crippen LogP contribution in [0.1, 0.15) is 43.5 Å². The Morgan fingerprint density at radius 1 is 1.24 bits per heavy atom. The molecule has 114 valence electrons. The highest BCUT2D eigenvalue weighted by Crippen LogP contribution is 2.23. The average molecular weight is 290 g/mol. The smallest absolute Gasteiger partial charge is 0.260 e. The predicted molar refractivity (Wildman–Crippen MR) is 80.1 cm³/mol. The zero-order chi connectivity index (χ0) is 15.4.